The second-order valence-electron chi connectivity index (χ2n) is 4.17. The average Bonchev–Trinajstić information content (AvgIpc) is 2.28. The lowest BCUT2D eigenvalue weighted by Crippen LogP contribution is -2.34. The molecule has 0 amide bonds. The molecular formula is C12H16F2N2O2. The summed E-state index contributed by atoms with van der Waals surface area (Å²) in [5.41, 5.74) is -0.193. The van der Waals surface area contributed by atoms with Gasteiger partial charge in [-0.05, 0) is 20.2 Å². The number of carboxylic acid groups (broad SMARTS) is 1. The second-order valence-corrected chi connectivity index (χ2v) is 4.17. The van der Waals surface area contributed by atoms with Crippen LogP contribution in [0.1, 0.15) is 11.6 Å². The van der Waals surface area contributed by atoms with E-state index >= 15 is 0 Å². The van der Waals surface area contributed by atoms with Gasteiger partial charge in [0.2, 0.25) is 0 Å². The fourth-order valence-electron chi connectivity index (χ4n) is 1.51. The van der Waals surface area contributed by atoms with E-state index in [-0.39, 0.29) is 5.56 Å². The van der Waals surface area contributed by atoms with E-state index in [0.29, 0.717) is 13.1 Å². The molecule has 100 valence electrons. The largest absolute Gasteiger partial charge is 0.480 e. The Labute approximate surface area is 104 Å². The minimum Gasteiger partial charge on any atom is -0.480 e. The van der Waals surface area contributed by atoms with Gasteiger partial charge in [-0.3, -0.25) is 10.1 Å². The number of aliphatic carboxylic acids is 1. The van der Waals surface area contributed by atoms with Gasteiger partial charge < -0.3 is 10.0 Å². The molecule has 0 aliphatic rings. The Bertz CT molecular complexity index is 425. The van der Waals surface area contributed by atoms with Gasteiger partial charge in [-0.15, -0.1) is 0 Å². The predicted octanol–water partition coefficient (Wildman–Crippen LogP) is 1.24. The first-order valence-corrected chi connectivity index (χ1v) is 5.48. The number of benzene rings is 1. The molecule has 1 rings (SSSR count). The molecule has 6 heteroatoms. The van der Waals surface area contributed by atoms with Crippen LogP contribution in [-0.4, -0.2) is 43.2 Å². The van der Waals surface area contributed by atoms with E-state index in [2.05, 4.69) is 5.32 Å². The topological polar surface area (TPSA) is 52.6 Å². The standard InChI is InChI=1S/C12H16F2N2O2/c1-16(2)7-6-15-11(12(17)18)8-4-3-5-9(13)10(8)14/h3-5,11,15H,6-7H2,1-2H3,(H,17,18). The highest BCUT2D eigenvalue weighted by Gasteiger charge is 2.23. The molecule has 4 nitrogen and oxygen atoms in total. The maximum Gasteiger partial charge on any atom is 0.325 e. The van der Waals surface area contributed by atoms with Crippen molar-refractivity contribution in [3.8, 4) is 0 Å². The second kappa shape index (κ2) is 6.42. The predicted molar refractivity (Wildman–Crippen MR) is 63.3 cm³/mol. The van der Waals surface area contributed by atoms with Crippen LogP contribution in [0.4, 0.5) is 8.78 Å². The summed E-state index contributed by atoms with van der Waals surface area (Å²) in [5.74, 6) is -3.41. The van der Waals surface area contributed by atoms with E-state index < -0.39 is 23.6 Å². The summed E-state index contributed by atoms with van der Waals surface area (Å²) in [6.07, 6.45) is 0. The van der Waals surface area contributed by atoms with Gasteiger partial charge in [-0.25, -0.2) is 8.78 Å². The van der Waals surface area contributed by atoms with Gasteiger partial charge in [0.25, 0.3) is 0 Å². The molecule has 0 saturated heterocycles. The molecule has 0 radical (unpaired) electrons. The number of rotatable bonds is 6. The molecule has 1 aromatic carbocycles. The first kappa shape index (κ1) is 14.5. The molecule has 18 heavy (non-hydrogen) atoms. The van der Waals surface area contributed by atoms with Crippen LogP contribution in [-0.2, 0) is 4.79 Å². The molecule has 0 aliphatic carbocycles. The summed E-state index contributed by atoms with van der Waals surface area (Å²) in [6.45, 7) is 0.959. The zero-order valence-electron chi connectivity index (χ0n) is 10.3. The summed E-state index contributed by atoms with van der Waals surface area (Å²) < 4.78 is 26.6. The van der Waals surface area contributed by atoms with E-state index in [1.807, 2.05) is 19.0 Å². The third-order valence-corrected chi connectivity index (χ3v) is 2.45. The van der Waals surface area contributed by atoms with Crippen LogP contribution in [0.5, 0.6) is 0 Å². The van der Waals surface area contributed by atoms with E-state index in [9.17, 15) is 13.6 Å². The maximum absolute atomic E-state index is 13.5. The fourth-order valence-corrected chi connectivity index (χ4v) is 1.51. The lowest BCUT2D eigenvalue weighted by atomic mass is 10.1. The number of likely N-dealkylation sites (N-methyl/N-ethyl adjacent to an activating group) is 1. The minimum atomic E-state index is -1.25. The first-order valence-electron chi connectivity index (χ1n) is 5.48. The third-order valence-electron chi connectivity index (χ3n) is 2.45. The number of hydrogen-bond donors (Lipinski definition) is 2. The van der Waals surface area contributed by atoms with Crippen LogP contribution in [0.3, 0.4) is 0 Å². The molecule has 1 atom stereocenters. The van der Waals surface area contributed by atoms with Crippen molar-refractivity contribution in [1.82, 2.24) is 10.2 Å². The SMILES string of the molecule is CN(C)CCNC(C(=O)O)c1cccc(F)c1F. The highest BCUT2D eigenvalue weighted by molar-refractivity contribution is 5.75. The van der Waals surface area contributed by atoms with Gasteiger partial charge in [0.15, 0.2) is 11.6 Å². The van der Waals surface area contributed by atoms with Crippen molar-refractivity contribution in [3.05, 3.63) is 35.4 Å². The zero-order valence-corrected chi connectivity index (χ0v) is 10.3. The van der Waals surface area contributed by atoms with Gasteiger partial charge in [0.05, 0.1) is 0 Å². The smallest absolute Gasteiger partial charge is 0.325 e. The number of carbonyl (C=O) groups is 1. The van der Waals surface area contributed by atoms with Crippen molar-refractivity contribution in [2.24, 2.45) is 0 Å². The van der Waals surface area contributed by atoms with Gasteiger partial charge >= 0.3 is 5.97 Å². The zero-order chi connectivity index (χ0) is 13.7. The normalized spacial score (nSPS) is 12.7. The highest BCUT2D eigenvalue weighted by Crippen LogP contribution is 2.19. The molecule has 1 unspecified atom stereocenters. The van der Waals surface area contributed by atoms with Crippen molar-refractivity contribution >= 4 is 5.97 Å². The van der Waals surface area contributed by atoms with Gasteiger partial charge in [-0.2, -0.15) is 0 Å². The van der Waals surface area contributed by atoms with Gasteiger partial charge in [0.1, 0.15) is 6.04 Å². The van der Waals surface area contributed by atoms with E-state index in [4.69, 9.17) is 5.11 Å². The molecule has 0 fully saturated rings. The van der Waals surface area contributed by atoms with E-state index in [1.165, 1.54) is 12.1 Å². The number of hydrogen-bond acceptors (Lipinski definition) is 3. The van der Waals surface area contributed by atoms with Crippen molar-refractivity contribution in [2.75, 3.05) is 27.2 Å². The molecule has 0 heterocycles. The molecule has 0 saturated carbocycles. The van der Waals surface area contributed by atoms with Crippen LogP contribution in [0.25, 0.3) is 0 Å². The Balaban J connectivity index is 2.84. The lowest BCUT2D eigenvalue weighted by Gasteiger charge is -2.17. The molecule has 0 bridgehead atoms. The Hall–Kier alpha value is -1.53. The Morgan fingerprint density at radius 3 is 2.67 bits per heavy atom. The maximum atomic E-state index is 13.5. The van der Waals surface area contributed by atoms with Gasteiger partial charge in [0, 0.05) is 18.7 Å². The van der Waals surface area contributed by atoms with Crippen molar-refractivity contribution in [3.63, 3.8) is 0 Å². The number of carboxylic acids is 1. The van der Waals surface area contributed by atoms with Crippen molar-refractivity contribution in [2.45, 2.75) is 6.04 Å². The Morgan fingerprint density at radius 1 is 1.44 bits per heavy atom. The highest BCUT2D eigenvalue weighted by atomic mass is 19.2. The summed E-state index contributed by atoms with van der Waals surface area (Å²) in [4.78, 5) is 12.9. The Morgan fingerprint density at radius 2 is 2.11 bits per heavy atom. The minimum absolute atomic E-state index is 0.193. The van der Waals surface area contributed by atoms with Crippen LogP contribution >= 0.6 is 0 Å². The van der Waals surface area contributed by atoms with E-state index in [0.717, 1.165) is 6.07 Å². The number of nitrogens with one attached hydrogen (secondary N) is 1. The number of nitrogens with zero attached hydrogens (tertiary/aromatic N) is 1. The summed E-state index contributed by atoms with van der Waals surface area (Å²) in [7, 11) is 3.67. The van der Waals surface area contributed by atoms with Crippen LogP contribution in [0, 0.1) is 11.6 Å². The molecule has 2 N–H and O–H groups in total. The Kier molecular flexibility index (Phi) is 5.18. The third kappa shape index (κ3) is 3.75. The fraction of sp³-hybridized carbons (Fsp3) is 0.417. The first-order chi connectivity index (χ1) is 8.43. The average molecular weight is 258 g/mol. The quantitative estimate of drug-likeness (QED) is 0.806. The van der Waals surface area contributed by atoms with Gasteiger partial charge in [-0.1, -0.05) is 12.1 Å². The molecule has 1 aromatic rings. The molecule has 0 aromatic heterocycles. The molecule has 0 aliphatic heterocycles. The summed E-state index contributed by atoms with van der Waals surface area (Å²) in [6, 6.07) is 2.26. The number of halogens is 2. The van der Waals surface area contributed by atoms with Crippen molar-refractivity contribution in [1.29, 1.82) is 0 Å². The van der Waals surface area contributed by atoms with Crippen LogP contribution in [0.15, 0.2) is 18.2 Å². The monoisotopic (exact) mass is 258 g/mol. The van der Waals surface area contributed by atoms with Crippen LogP contribution in [0.2, 0.25) is 0 Å². The van der Waals surface area contributed by atoms with Crippen LogP contribution < -0.4 is 5.32 Å². The lowest BCUT2D eigenvalue weighted by molar-refractivity contribution is -0.139. The summed E-state index contributed by atoms with van der Waals surface area (Å²) >= 11 is 0. The van der Waals surface area contributed by atoms with Crippen molar-refractivity contribution < 1.29 is 18.7 Å². The molecular weight excluding hydrogens is 242 g/mol. The molecule has 0 spiro atoms. The van der Waals surface area contributed by atoms with E-state index in [1.54, 1.807) is 0 Å². The summed E-state index contributed by atoms with van der Waals surface area (Å²) in [5, 5.41) is 11.7.